The fourth-order valence-corrected chi connectivity index (χ4v) is 2.52. The Hall–Kier alpha value is -1.36. The molecule has 0 atom stereocenters. The second-order valence-electron chi connectivity index (χ2n) is 4.99. The predicted molar refractivity (Wildman–Crippen MR) is 78.9 cm³/mol. The van der Waals surface area contributed by atoms with Crippen molar-refractivity contribution in [1.29, 1.82) is 0 Å². The van der Waals surface area contributed by atoms with Crippen molar-refractivity contribution in [2.75, 3.05) is 13.2 Å². The molecule has 20 heavy (non-hydrogen) atoms. The predicted octanol–water partition coefficient (Wildman–Crippen LogP) is 2.02. The lowest BCUT2D eigenvalue weighted by molar-refractivity contribution is 0.116. The van der Waals surface area contributed by atoms with Crippen molar-refractivity contribution >= 4 is 11.6 Å². The van der Waals surface area contributed by atoms with Gasteiger partial charge in [0.1, 0.15) is 0 Å². The molecule has 4 nitrogen and oxygen atoms in total. The molecule has 2 N–H and O–H groups in total. The lowest BCUT2D eigenvalue weighted by Crippen LogP contribution is -2.37. The minimum absolute atomic E-state index is 0.152. The maximum Gasteiger partial charge on any atom is 0.0553 e. The Morgan fingerprint density at radius 3 is 2.60 bits per heavy atom. The number of aryl methyl sites for hydroxylation is 1. The quantitative estimate of drug-likeness (QED) is 0.857. The number of nitrogens with zero attached hydrogens (tertiary/aromatic N) is 2. The Kier molecular flexibility index (Phi) is 4.81. The number of benzene rings is 1. The SMILES string of the molecule is CCn1cc(CC(CO)(CO)c2cccc(Cl)c2)cn1. The van der Waals surface area contributed by atoms with Gasteiger partial charge in [0.15, 0.2) is 0 Å². The molecule has 108 valence electrons. The van der Waals surface area contributed by atoms with E-state index < -0.39 is 5.41 Å². The highest BCUT2D eigenvalue weighted by molar-refractivity contribution is 6.30. The van der Waals surface area contributed by atoms with Gasteiger partial charge in [-0.2, -0.15) is 5.10 Å². The zero-order valence-corrected chi connectivity index (χ0v) is 12.2. The van der Waals surface area contributed by atoms with E-state index in [0.29, 0.717) is 11.4 Å². The van der Waals surface area contributed by atoms with Gasteiger partial charge in [0.05, 0.1) is 19.4 Å². The standard InChI is InChI=1S/C15H19ClN2O2/c1-2-18-9-12(8-17-18)7-15(10-19,11-20)13-4-3-5-14(16)6-13/h3-6,8-9,19-20H,2,7,10-11H2,1H3. The number of aromatic nitrogens is 2. The largest absolute Gasteiger partial charge is 0.395 e. The number of aliphatic hydroxyl groups is 2. The van der Waals surface area contributed by atoms with Crippen LogP contribution >= 0.6 is 11.6 Å². The van der Waals surface area contributed by atoms with E-state index in [-0.39, 0.29) is 13.2 Å². The molecular formula is C15H19ClN2O2. The average molecular weight is 295 g/mol. The zero-order valence-electron chi connectivity index (χ0n) is 11.5. The molecule has 1 aromatic heterocycles. The van der Waals surface area contributed by atoms with Crippen LogP contribution in [0.25, 0.3) is 0 Å². The highest BCUT2D eigenvalue weighted by atomic mass is 35.5. The first-order valence-corrected chi connectivity index (χ1v) is 7.00. The van der Waals surface area contributed by atoms with Crippen LogP contribution in [-0.2, 0) is 18.4 Å². The summed E-state index contributed by atoms with van der Waals surface area (Å²) in [5.41, 5.74) is 1.07. The highest BCUT2D eigenvalue weighted by Crippen LogP contribution is 2.29. The van der Waals surface area contributed by atoms with Gasteiger partial charge in [0.25, 0.3) is 0 Å². The van der Waals surface area contributed by atoms with Crippen molar-refractivity contribution in [3.05, 3.63) is 52.8 Å². The minimum Gasteiger partial charge on any atom is -0.395 e. The Balaban J connectivity index is 2.33. The summed E-state index contributed by atoms with van der Waals surface area (Å²) >= 11 is 6.01. The fraction of sp³-hybridized carbons (Fsp3) is 0.400. The third-order valence-corrected chi connectivity index (χ3v) is 3.83. The molecule has 0 spiro atoms. The zero-order chi connectivity index (χ0) is 14.6. The van der Waals surface area contributed by atoms with Gasteiger partial charge >= 0.3 is 0 Å². The first-order chi connectivity index (χ1) is 9.63. The highest BCUT2D eigenvalue weighted by Gasteiger charge is 2.32. The summed E-state index contributed by atoms with van der Waals surface area (Å²) in [6.07, 6.45) is 4.22. The number of hydrogen-bond donors (Lipinski definition) is 2. The summed E-state index contributed by atoms with van der Waals surface area (Å²) < 4.78 is 1.83. The molecule has 2 aromatic rings. The van der Waals surface area contributed by atoms with Crippen molar-refractivity contribution in [1.82, 2.24) is 9.78 Å². The van der Waals surface area contributed by atoms with Crippen LogP contribution in [0.4, 0.5) is 0 Å². The number of halogens is 1. The average Bonchev–Trinajstić information content (AvgIpc) is 2.92. The fourth-order valence-electron chi connectivity index (χ4n) is 2.33. The molecule has 1 heterocycles. The molecule has 0 aliphatic rings. The molecule has 0 aliphatic carbocycles. The summed E-state index contributed by atoms with van der Waals surface area (Å²) in [4.78, 5) is 0. The van der Waals surface area contributed by atoms with Crippen LogP contribution in [0.5, 0.6) is 0 Å². The lowest BCUT2D eigenvalue weighted by Gasteiger charge is -2.30. The van der Waals surface area contributed by atoms with Crippen molar-refractivity contribution in [3.63, 3.8) is 0 Å². The maximum absolute atomic E-state index is 9.82. The van der Waals surface area contributed by atoms with E-state index in [1.54, 1.807) is 18.3 Å². The Labute approximate surface area is 123 Å². The number of rotatable bonds is 6. The van der Waals surface area contributed by atoms with Crippen molar-refractivity contribution in [2.45, 2.75) is 25.3 Å². The van der Waals surface area contributed by atoms with Gasteiger partial charge in [0, 0.05) is 23.2 Å². The third kappa shape index (κ3) is 3.03. The first kappa shape index (κ1) is 15.0. The third-order valence-electron chi connectivity index (χ3n) is 3.60. The van der Waals surface area contributed by atoms with E-state index in [1.807, 2.05) is 29.9 Å². The molecule has 0 saturated heterocycles. The molecular weight excluding hydrogens is 276 g/mol. The van der Waals surface area contributed by atoms with Gasteiger partial charge in [-0.25, -0.2) is 0 Å². The lowest BCUT2D eigenvalue weighted by atomic mass is 9.77. The Morgan fingerprint density at radius 2 is 2.05 bits per heavy atom. The van der Waals surface area contributed by atoms with Crippen molar-refractivity contribution in [3.8, 4) is 0 Å². The molecule has 0 aliphatic heterocycles. The van der Waals surface area contributed by atoms with Gasteiger partial charge in [-0.05, 0) is 36.6 Å². The van der Waals surface area contributed by atoms with Crippen LogP contribution in [-0.4, -0.2) is 33.2 Å². The van der Waals surface area contributed by atoms with Crippen LogP contribution in [0.3, 0.4) is 0 Å². The summed E-state index contributed by atoms with van der Waals surface area (Å²) in [7, 11) is 0. The van der Waals surface area contributed by atoms with Crippen molar-refractivity contribution in [2.24, 2.45) is 0 Å². The van der Waals surface area contributed by atoms with Gasteiger partial charge in [-0.1, -0.05) is 23.7 Å². The molecule has 1 aromatic carbocycles. The van der Waals surface area contributed by atoms with E-state index in [0.717, 1.165) is 17.7 Å². The second-order valence-corrected chi connectivity index (χ2v) is 5.42. The Morgan fingerprint density at radius 1 is 1.30 bits per heavy atom. The summed E-state index contributed by atoms with van der Waals surface area (Å²) in [6, 6.07) is 7.27. The molecule has 0 amide bonds. The monoisotopic (exact) mass is 294 g/mol. The molecule has 0 bridgehead atoms. The topological polar surface area (TPSA) is 58.3 Å². The van der Waals surface area contributed by atoms with Crippen LogP contribution < -0.4 is 0 Å². The van der Waals surface area contributed by atoms with Gasteiger partial charge in [0.2, 0.25) is 0 Å². The van der Waals surface area contributed by atoms with Gasteiger partial charge < -0.3 is 10.2 Å². The summed E-state index contributed by atoms with van der Waals surface area (Å²) in [5.74, 6) is 0. The normalized spacial score (nSPS) is 11.8. The van der Waals surface area contributed by atoms with E-state index in [1.165, 1.54) is 0 Å². The second kappa shape index (κ2) is 6.39. The van der Waals surface area contributed by atoms with Crippen LogP contribution in [0.2, 0.25) is 5.02 Å². The molecule has 2 rings (SSSR count). The maximum atomic E-state index is 9.82. The molecule has 0 fully saturated rings. The first-order valence-electron chi connectivity index (χ1n) is 6.62. The van der Waals surface area contributed by atoms with Gasteiger partial charge in [-0.15, -0.1) is 0 Å². The summed E-state index contributed by atoms with van der Waals surface area (Å²) in [6.45, 7) is 2.50. The molecule has 5 heteroatoms. The molecule has 0 radical (unpaired) electrons. The summed E-state index contributed by atoms with van der Waals surface area (Å²) in [5, 5.41) is 24.5. The molecule has 0 saturated carbocycles. The minimum atomic E-state index is -0.744. The van der Waals surface area contributed by atoms with E-state index in [2.05, 4.69) is 5.10 Å². The number of aliphatic hydroxyl groups excluding tert-OH is 2. The van der Waals surface area contributed by atoms with E-state index in [9.17, 15) is 10.2 Å². The Bertz CT molecular complexity index is 565. The van der Waals surface area contributed by atoms with Crippen LogP contribution in [0.1, 0.15) is 18.1 Å². The van der Waals surface area contributed by atoms with Crippen molar-refractivity contribution < 1.29 is 10.2 Å². The number of hydrogen-bond acceptors (Lipinski definition) is 3. The van der Waals surface area contributed by atoms with E-state index in [4.69, 9.17) is 11.6 Å². The smallest absolute Gasteiger partial charge is 0.0553 e. The van der Waals surface area contributed by atoms with Crippen LogP contribution in [0, 0.1) is 0 Å². The van der Waals surface area contributed by atoms with Crippen LogP contribution in [0.15, 0.2) is 36.7 Å². The molecule has 0 unspecified atom stereocenters. The van der Waals surface area contributed by atoms with E-state index >= 15 is 0 Å². The van der Waals surface area contributed by atoms with Gasteiger partial charge in [-0.3, -0.25) is 4.68 Å².